The van der Waals surface area contributed by atoms with Gasteiger partial charge in [-0.25, -0.2) is 9.97 Å². The van der Waals surface area contributed by atoms with Gasteiger partial charge in [-0.1, -0.05) is 55.4 Å². The van der Waals surface area contributed by atoms with Crippen LogP contribution in [0.25, 0.3) is 0 Å². The molecule has 3 aliphatic heterocycles. The maximum absolute atomic E-state index is 12.4. The van der Waals surface area contributed by atoms with Crippen LogP contribution in [-0.4, -0.2) is 111 Å². The highest BCUT2D eigenvalue weighted by atomic mass is 35.5. The van der Waals surface area contributed by atoms with E-state index in [0.717, 1.165) is 107 Å². The number of nitrogens with two attached hydrogens (primary N) is 2. The number of hydrogen-bond donors (Lipinski definition) is 6. The molecular formula is C45H58ClN11O3S. The van der Waals surface area contributed by atoms with E-state index in [1.807, 2.05) is 50.2 Å². The largest absolute Gasteiger partial charge is 0.508 e. The lowest BCUT2D eigenvalue weighted by Gasteiger charge is -2.43. The van der Waals surface area contributed by atoms with Crippen molar-refractivity contribution in [3.63, 3.8) is 0 Å². The number of nitrogen functional groups attached to an aromatic ring is 1. The standard InChI is InChI=1S/C45H58ClN11O3S/c1-28(2)33-24-34(37(60)25-36(33)59)43(49)57(42(48)29(3)58)32-10-8-30(9-11-32)27-53-16-12-31(13-17-53)54-20-22-55(23-21-54)35-6-5-7-38(40(35)46)61-44-41(47)52-39(26-51-44)56-18-14-45(4,50)15-19-56/h5-11,24-26,28,31,48-49,59-60H,12-23,27,50H2,1-4H3,(H2,47,52). The Bertz CT molecular complexity index is 2250. The third-order valence-corrected chi connectivity index (χ3v) is 13.8. The number of rotatable bonds is 11. The Kier molecular flexibility index (Phi) is 13.4. The zero-order chi connectivity index (χ0) is 43.6. The molecule has 16 heteroatoms. The molecule has 0 bridgehead atoms. The first-order valence-electron chi connectivity index (χ1n) is 21.1. The number of phenols is 2. The fraction of sp³-hybridized carbons (Fsp3) is 0.444. The van der Waals surface area contributed by atoms with Gasteiger partial charge in [-0.2, -0.15) is 0 Å². The molecule has 0 spiro atoms. The number of amidine groups is 2. The lowest BCUT2D eigenvalue weighted by atomic mass is 9.91. The number of carbonyl (C=O) groups is 1. The Labute approximate surface area is 367 Å². The monoisotopic (exact) mass is 867 g/mol. The molecule has 3 aliphatic rings. The molecule has 324 valence electrons. The first-order chi connectivity index (χ1) is 29.1. The van der Waals surface area contributed by atoms with Gasteiger partial charge in [0.05, 0.1) is 22.5 Å². The van der Waals surface area contributed by atoms with Crippen molar-refractivity contribution in [3.8, 4) is 11.5 Å². The minimum Gasteiger partial charge on any atom is -0.508 e. The number of phenolic OH excluding ortho intramolecular Hbond substituents is 2. The van der Waals surface area contributed by atoms with Crippen molar-refractivity contribution in [2.75, 3.05) is 72.8 Å². The minimum atomic E-state index is -0.513. The fourth-order valence-corrected chi connectivity index (χ4v) is 9.63. The van der Waals surface area contributed by atoms with E-state index in [1.54, 1.807) is 12.3 Å². The fourth-order valence-electron chi connectivity index (χ4n) is 8.46. The van der Waals surface area contributed by atoms with E-state index >= 15 is 0 Å². The zero-order valence-corrected chi connectivity index (χ0v) is 37.1. The summed E-state index contributed by atoms with van der Waals surface area (Å²) >= 11 is 8.51. The summed E-state index contributed by atoms with van der Waals surface area (Å²) in [6.45, 7) is 15.2. The number of nitrogens with one attached hydrogen (secondary N) is 2. The average molecular weight is 869 g/mol. The number of anilines is 4. The maximum atomic E-state index is 12.4. The van der Waals surface area contributed by atoms with Crippen LogP contribution in [0, 0.1) is 10.8 Å². The Morgan fingerprint density at radius 2 is 1.64 bits per heavy atom. The number of carbonyl (C=O) groups excluding carboxylic acids is 1. The number of halogens is 1. The predicted octanol–water partition coefficient (Wildman–Crippen LogP) is 6.90. The van der Waals surface area contributed by atoms with Crippen LogP contribution >= 0.6 is 23.4 Å². The number of Topliss-reactive ketones (excluding diaryl/α,β-unsaturated/α-hetero) is 1. The second-order valence-corrected chi connectivity index (χ2v) is 18.5. The topological polar surface area (TPSA) is 199 Å². The van der Waals surface area contributed by atoms with Crippen LogP contribution in [-0.2, 0) is 11.3 Å². The van der Waals surface area contributed by atoms with E-state index in [9.17, 15) is 15.0 Å². The Balaban J connectivity index is 0.911. The number of hydrogen-bond acceptors (Lipinski definition) is 14. The van der Waals surface area contributed by atoms with Crippen molar-refractivity contribution >= 4 is 63.8 Å². The zero-order valence-electron chi connectivity index (χ0n) is 35.5. The highest BCUT2D eigenvalue weighted by Gasteiger charge is 2.31. The molecule has 7 rings (SSSR count). The molecule has 8 N–H and O–H groups in total. The van der Waals surface area contributed by atoms with Crippen molar-refractivity contribution in [1.82, 2.24) is 19.8 Å². The first kappa shape index (κ1) is 44.1. The van der Waals surface area contributed by atoms with E-state index in [4.69, 9.17) is 33.9 Å². The van der Waals surface area contributed by atoms with Gasteiger partial charge in [0.1, 0.15) is 28.2 Å². The number of nitrogens with zero attached hydrogens (tertiary/aromatic N) is 7. The number of piperazine rings is 1. The van der Waals surface area contributed by atoms with Crippen LogP contribution in [0.1, 0.15) is 76.0 Å². The normalized spacial score (nSPS) is 17.8. The van der Waals surface area contributed by atoms with E-state index in [1.165, 1.54) is 29.7 Å². The van der Waals surface area contributed by atoms with Gasteiger partial charge in [0.15, 0.2) is 17.4 Å². The molecule has 0 radical (unpaired) electrons. The third-order valence-electron chi connectivity index (χ3n) is 12.3. The molecule has 1 aromatic heterocycles. The first-order valence-corrected chi connectivity index (χ1v) is 22.3. The number of ketones is 1. The van der Waals surface area contributed by atoms with Gasteiger partial charge in [0, 0.05) is 81.0 Å². The number of aromatic nitrogens is 2. The molecular weight excluding hydrogens is 810 g/mol. The van der Waals surface area contributed by atoms with Crippen LogP contribution in [0.4, 0.5) is 23.0 Å². The molecule has 14 nitrogen and oxygen atoms in total. The van der Waals surface area contributed by atoms with Gasteiger partial charge in [-0.3, -0.25) is 30.3 Å². The summed E-state index contributed by atoms with van der Waals surface area (Å²) in [5, 5.41) is 39.9. The van der Waals surface area contributed by atoms with Gasteiger partial charge >= 0.3 is 0 Å². The summed E-state index contributed by atoms with van der Waals surface area (Å²) in [5.74, 6) is -0.384. The number of aromatic hydroxyl groups is 2. The SMILES string of the molecule is CC(=O)C(=N)N(C(=N)c1cc(C(C)C)c(O)cc1O)c1ccc(CN2CCC(N3CCN(c4cccc(Sc5ncc(N6CCC(C)(N)CC6)nc5N)c4Cl)CC3)CC2)cc1. The van der Waals surface area contributed by atoms with E-state index in [2.05, 4.69) is 42.6 Å². The van der Waals surface area contributed by atoms with Crippen LogP contribution < -0.4 is 26.2 Å². The summed E-state index contributed by atoms with van der Waals surface area (Å²) in [5.41, 5.74) is 15.9. The molecule has 4 heterocycles. The van der Waals surface area contributed by atoms with Gasteiger partial charge in [0.25, 0.3) is 0 Å². The smallest absolute Gasteiger partial charge is 0.195 e. The van der Waals surface area contributed by atoms with E-state index < -0.39 is 5.78 Å². The van der Waals surface area contributed by atoms with Gasteiger partial charge in [-0.15, -0.1) is 0 Å². The van der Waals surface area contributed by atoms with E-state index in [0.29, 0.717) is 33.2 Å². The highest BCUT2D eigenvalue weighted by molar-refractivity contribution is 7.99. The Morgan fingerprint density at radius 1 is 0.967 bits per heavy atom. The van der Waals surface area contributed by atoms with Crippen LogP contribution in [0.5, 0.6) is 11.5 Å². The van der Waals surface area contributed by atoms with Gasteiger partial charge in [-0.05, 0) is 93.1 Å². The molecule has 61 heavy (non-hydrogen) atoms. The van der Waals surface area contributed by atoms with Crippen molar-refractivity contribution in [3.05, 3.63) is 82.5 Å². The average Bonchev–Trinajstić information content (AvgIpc) is 3.23. The molecule has 4 aromatic rings. The predicted molar refractivity (Wildman–Crippen MR) is 246 cm³/mol. The van der Waals surface area contributed by atoms with Crippen molar-refractivity contribution in [2.24, 2.45) is 5.73 Å². The van der Waals surface area contributed by atoms with Crippen molar-refractivity contribution < 1.29 is 15.0 Å². The second kappa shape index (κ2) is 18.6. The van der Waals surface area contributed by atoms with Crippen LogP contribution in [0.15, 0.2) is 70.7 Å². The highest BCUT2D eigenvalue weighted by Crippen LogP contribution is 2.41. The van der Waals surface area contributed by atoms with Gasteiger partial charge < -0.3 is 31.5 Å². The summed E-state index contributed by atoms with van der Waals surface area (Å²) in [4.78, 5) is 33.6. The molecule has 0 aliphatic carbocycles. The summed E-state index contributed by atoms with van der Waals surface area (Å²) in [6.07, 6.45) is 5.73. The van der Waals surface area contributed by atoms with Crippen molar-refractivity contribution in [1.29, 1.82) is 10.8 Å². The number of benzene rings is 3. The second-order valence-electron chi connectivity index (χ2n) is 17.1. The Hall–Kier alpha value is -4.93. The molecule has 3 aromatic carbocycles. The summed E-state index contributed by atoms with van der Waals surface area (Å²) in [6, 6.07) is 17.0. The minimum absolute atomic E-state index is 0.0660. The lowest BCUT2D eigenvalue weighted by molar-refractivity contribution is -0.111. The molecule has 0 atom stereocenters. The molecule has 0 amide bonds. The van der Waals surface area contributed by atoms with Gasteiger partial charge in [0.2, 0.25) is 0 Å². The number of piperidine rings is 2. The molecule has 0 unspecified atom stereocenters. The summed E-state index contributed by atoms with van der Waals surface area (Å²) in [7, 11) is 0. The molecule has 3 fully saturated rings. The third kappa shape index (κ3) is 10.1. The lowest BCUT2D eigenvalue weighted by Crippen LogP contribution is -2.53. The van der Waals surface area contributed by atoms with E-state index in [-0.39, 0.29) is 40.2 Å². The summed E-state index contributed by atoms with van der Waals surface area (Å²) < 4.78 is 0. The quantitative estimate of drug-likeness (QED) is 0.0673. The molecule has 0 saturated carbocycles. The van der Waals surface area contributed by atoms with Crippen molar-refractivity contribution in [2.45, 2.75) is 87.3 Å². The molecule has 3 saturated heterocycles. The Morgan fingerprint density at radius 3 is 2.26 bits per heavy atom. The number of likely N-dealkylation sites (tertiary alicyclic amines) is 1. The van der Waals surface area contributed by atoms with Crippen LogP contribution in [0.3, 0.4) is 0 Å². The van der Waals surface area contributed by atoms with Crippen LogP contribution in [0.2, 0.25) is 5.02 Å². The maximum Gasteiger partial charge on any atom is 0.195 e.